The molecule has 0 heterocycles. The minimum atomic E-state index is -1.19. The number of amides is 2. The van der Waals surface area contributed by atoms with Gasteiger partial charge in [-0.15, -0.1) is 0 Å². The molecule has 0 aromatic carbocycles. The maximum absolute atomic E-state index is 11.5. The SMILES string of the molecule is CCN(CCO)C(=O)N[C@H](CCO)C(=O)O. The van der Waals surface area contributed by atoms with Gasteiger partial charge in [-0.2, -0.15) is 0 Å². The van der Waals surface area contributed by atoms with Gasteiger partial charge in [-0.3, -0.25) is 0 Å². The van der Waals surface area contributed by atoms with Crippen LogP contribution in [0.3, 0.4) is 0 Å². The number of likely N-dealkylation sites (N-methyl/N-ethyl adjacent to an activating group) is 1. The molecule has 4 N–H and O–H groups in total. The summed E-state index contributed by atoms with van der Waals surface area (Å²) in [4.78, 5) is 23.5. The first-order chi connectivity index (χ1) is 7.56. The Morgan fingerprint density at radius 3 is 2.31 bits per heavy atom. The van der Waals surface area contributed by atoms with Crippen molar-refractivity contribution in [2.75, 3.05) is 26.3 Å². The Labute approximate surface area is 93.7 Å². The van der Waals surface area contributed by atoms with Gasteiger partial charge in [-0.25, -0.2) is 9.59 Å². The van der Waals surface area contributed by atoms with Crippen molar-refractivity contribution in [2.45, 2.75) is 19.4 Å². The number of carbonyl (C=O) groups is 2. The average Bonchev–Trinajstić information content (AvgIpc) is 2.24. The van der Waals surface area contributed by atoms with E-state index < -0.39 is 18.0 Å². The van der Waals surface area contributed by atoms with Crippen LogP contribution in [0.1, 0.15) is 13.3 Å². The highest BCUT2D eigenvalue weighted by Crippen LogP contribution is 1.95. The number of carbonyl (C=O) groups excluding carboxylic acids is 1. The second kappa shape index (κ2) is 7.89. The molecule has 0 bridgehead atoms. The summed E-state index contributed by atoms with van der Waals surface area (Å²) in [6.45, 7) is 1.74. The number of urea groups is 1. The van der Waals surface area contributed by atoms with Crippen molar-refractivity contribution >= 4 is 12.0 Å². The number of nitrogens with one attached hydrogen (secondary N) is 1. The van der Waals surface area contributed by atoms with Gasteiger partial charge in [0.1, 0.15) is 6.04 Å². The molecule has 0 radical (unpaired) electrons. The Morgan fingerprint density at radius 2 is 1.94 bits per heavy atom. The molecule has 0 aromatic rings. The Kier molecular flexibility index (Phi) is 7.23. The normalized spacial score (nSPS) is 11.9. The number of hydrogen-bond donors (Lipinski definition) is 4. The monoisotopic (exact) mass is 234 g/mol. The summed E-state index contributed by atoms with van der Waals surface area (Å²) in [6.07, 6.45) is -0.0439. The van der Waals surface area contributed by atoms with Crippen molar-refractivity contribution < 1.29 is 24.9 Å². The topological polar surface area (TPSA) is 110 Å². The molecule has 0 saturated heterocycles. The molecule has 2 amide bonds. The fourth-order valence-corrected chi connectivity index (χ4v) is 1.15. The summed E-state index contributed by atoms with van der Waals surface area (Å²) >= 11 is 0. The third kappa shape index (κ3) is 4.94. The second-order valence-corrected chi connectivity index (χ2v) is 3.16. The summed E-state index contributed by atoms with van der Waals surface area (Å²) in [5.74, 6) is -1.19. The van der Waals surface area contributed by atoms with Crippen LogP contribution >= 0.6 is 0 Å². The van der Waals surface area contributed by atoms with Gasteiger partial charge in [-0.1, -0.05) is 0 Å². The molecule has 0 aliphatic rings. The Bertz CT molecular complexity index is 234. The van der Waals surface area contributed by atoms with Crippen LogP contribution in [-0.4, -0.2) is 64.6 Å². The molecule has 16 heavy (non-hydrogen) atoms. The molecule has 1 atom stereocenters. The summed E-state index contributed by atoms with van der Waals surface area (Å²) in [5, 5.41) is 28.3. The number of hydrogen-bond acceptors (Lipinski definition) is 4. The van der Waals surface area contributed by atoms with Crippen LogP contribution in [0.2, 0.25) is 0 Å². The highest BCUT2D eigenvalue weighted by Gasteiger charge is 2.21. The van der Waals surface area contributed by atoms with E-state index in [-0.39, 0.29) is 26.2 Å². The molecule has 0 aliphatic heterocycles. The smallest absolute Gasteiger partial charge is 0.326 e. The quantitative estimate of drug-likeness (QED) is 0.444. The summed E-state index contributed by atoms with van der Waals surface area (Å²) in [6, 6.07) is -1.66. The third-order valence-electron chi connectivity index (χ3n) is 2.05. The highest BCUT2D eigenvalue weighted by molar-refractivity contribution is 5.82. The summed E-state index contributed by atoms with van der Waals surface area (Å²) in [7, 11) is 0. The van der Waals surface area contributed by atoms with Crippen LogP contribution in [-0.2, 0) is 4.79 Å². The second-order valence-electron chi connectivity index (χ2n) is 3.16. The number of aliphatic carboxylic acids is 1. The van der Waals surface area contributed by atoms with E-state index in [1.807, 2.05) is 0 Å². The van der Waals surface area contributed by atoms with Gasteiger partial charge in [0, 0.05) is 26.1 Å². The molecule has 0 rings (SSSR count). The zero-order chi connectivity index (χ0) is 12.6. The summed E-state index contributed by atoms with van der Waals surface area (Å²) < 4.78 is 0. The number of carboxylic acids is 1. The summed E-state index contributed by atoms with van der Waals surface area (Å²) in [5.41, 5.74) is 0. The maximum atomic E-state index is 11.5. The van der Waals surface area contributed by atoms with Crippen molar-refractivity contribution in [3.05, 3.63) is 0 Å². The molecule has 0 aromatic heterocycles. The molecular weight excluding hydrogens is 216 g/mol. The minimum absolute atomic E-state index is 0.0439. The standard InChI is InChI=1S/C9H18N2O5/c1-2-11(4-6-13)9(16)10-7(3-5-12)8(14)15/h7,12-13H,2-6H2,1H3,(H,10,16)(H,14,15)/t7-/m1/s1. The highest BCUT2D eigenvalue weighted by atomic mass is 16.4. The van der Waals surface area contributed by atoms with E-state index in [9.17, 15) is 9.59 Å². The van der Waals surface area contributed by atoms with Gasteiger partial charge in [-0.05, 0) is 6.92 Å². The Balaban J connectivity index is 4.31. The van der Waals surface area contributed by atoms with Crippen LogP contribution in [0.25, 0.3) is 0 Å². The molecular formula is C9H18N2O5. The number of rotatable bonds is 7. The van der Waals surface area contributed by atoms with Crippen molar-refractivity contribution in [1.82, 2.24) is 10.2 Å². The number of aliphatic hydroxyl groups is 2. The molecule has 0 fully saturated rings. The largest absolute Gasteiger partial charge is 0.480 e. The molecule has 0 saturated carbocycles. The lowest BCUT2D eigenvalue weighted by Gasteiger charge is -2.22. The van der Waals surface area contributed by atoms with Gasteiger partial charge in [0.25, 0.3) is 0 Å². The molecule has 0 unspecified atom stereocenters. The van der Waals surface area contributed by atoms with Crippen molar-refractivity contribution in [3.8, 4) is 0 Å². The van der Waals surface area contributed by atoms with Crippen molar-refractivity contribution in [1.29, 1.82) is 0 Å². The zero-order valence-corrected chi connectivity index (χ0v) is 9.22. The van der Waals surface area contributed by atoms with E-state index in [2.05, 4.69) is 5.32 Å². The van der Waals surface area contributed by atoms with Crippen LogP contribution in [0, 0.1) is 0 Å². The van der Waals surface area contributed by atoms with Gasteiger partial charge < -0.3 is 25.5 Å². The first-order valence-electron chi connectivity index (χ1n) is 5.06. The fourth-order valence-electron chi connectivity index (χ4n) is 1.15. The van der Waals surface area contributed by atoms with Crippen LogP contribution < -0.4 is 5.32 Å². The molecule has 7 nitrogen and oxygen atoms in total. The van der Waals surface area contributed by atoms with Crippen LogP contribution in [0.5, 0.6) is 0 Å². The average molecular weight is 234 g/mol. The number of aliphatic hydroxyl groups excluding tert-OH is 2. The van der Waals surface area contributed by atoms with Gasteiger partial charge >= 0.3 is 12.0 Å². The van der Waals surface area contributed by atoms with Crippen molar-refractivity contribution in [2.24, 2.45) is 0 Å². The van der Waals surface area contributed by atoms with E-state index in [4.69, 9.17) is 15.3 Å². The van der Waals surface area contributed by atoms with Crippen LogP contribution in [0.4, 0.5) is 4.79 Å². The fraction of sp³-hybridized carbons (Fsp3) is 0.778. The maximum Gasteiger partial charge on any atom is 0.326 e. The lowest BCUT2D eigenvalue weighted by molar-refractivity contribution is -0.139. The van der Waals surface area contributed by atoms with Crippen molar-refractivity contribution in [3.63, 3.8) is 0 Å². The first-order valence-corrected chi connectivity index (χ1v) is 5.06. The Hall–Kier alpha value is -1.34. The van der Waals surface area contributed by atoms with E-state index in [0.717, 1.165) is 0 Å². The first kappa shape index (κ1) is 14.7. The molecule has 94 valence electrons. The molecule has 7 heteroatoms. The molecule has 0 aliphatic carbocycles. The minimum Gasteiger partial charge on any atom is -0.480 e. The van der Waals surface area contributed by atoms with Gasteiger partial charge in [0.15, 0.2) is 0 Å². The number of nitrogens with zero attached hydrogens (tertiary/aromatic N) is 1. The van der Waals surface area contributed by atoms with E-state index in [0.29, 0.717) is 6.54 Å². The lowest BCUT2D eigenvalue weighted by Crippen LogP contribution is -2.49. The zero-order valence-electron chi connectivity index (χ0n) is 9.22. The van der Waals surface area contributed by atoms with Crippen LogP contribution in [0.15, 0.2) is 0 Å². The van der Waals surface area contributed by atoms with E-state index in [1.54, 1.807) is 6.92 Å². The third-order valence-corrected chi connectivity index (χ3v) is 2.05. The van der Waals surface area contributed by atoms with Gasteiger partial charge in [0.2, 0.25) is 0 Å². The number of carboxylic acid groups (broad SMARTS) is 1. The lowest BCUT2D eigenvalue weighted by atomic mass is 10.2. The Morgan fingerprint density at radius 1 is 1.31 bits per heavy atom. The predicted molar refractivity (Wildman–Crippen MR) is 56.0 cm³/mol. The predicted octanol–water partition coefficient (Wildman–Crippen LogP) is -1.15. The van der Waals surface area contributed by atoms with E-state index >= 15 is 0 Å². The van der Waals surface area contributed by atoms with E-state index in [1.165, 1.54) is 4.90 Å². The van der Waals surface area contributed by atoms with Gasteiger partial charge in [0.05, 0.1) is 6.61 Å². The molecule has 0 spiro atoms.